The van der Waals surface area contributed by atoms with E-state index in [9.17, 15) is 0 Å². The lowest BCUT2D eigenvalue weighted by atomic mass is 10.2. The van der Waals surface area contributed by atoms with Crippen LogP contribution in [0.4, 0.5) is 5.69 Å². The maximum atomic E-state index is 5.56. The van der Waals surface area contributed by atoms with Crippen molar-refractivity contribution >= 4 is 5.69 Å². The Hall–Kier alpha value is -1.02. The van der Waals surface area contributed by atoms with Gasteiger partial charge in [-0.25, -0.2) is 0 Å². The molecule has 1 fully saturated rings. The predicted molar refractivity (Wildman–Crippen MR) is 55.5 cm³/mol. The Labute approximate surface area is 79.1 Å². The minimum absolute atomic E-state index is 0.624. The lowest BCUT2D eigenvalue weighted by Crippen LogP contribution is -2.04. The summed E-state index contributed by atoms with van der Waals surface area (Å²) in [6.45, 7) is 1.74. The van der Waals surface area contributed by atoms with E-state index in [1.54, 1.807) is 0 Å². The summed E-state index contributed by atoms with van der Waals surface area (Å²) in [5.41, 5.74) is 7.96. The van der Waals surface area contributed by atoms with Gasteiger partial charge in [0.05, 0.1) is 0 Å². The lowest BCUT2D eigenvalue weighted by molar-refractivity contribution is 0.888. The van der Waals surface area contributed by atoms with Gasteiger partial charge in [-0.05, 0) is 36.5 Å². The van der Waals surface area contributed by atoms with Crippen LogP contribution < -0.4 is 11.1 Å². The minimum atomic E-state index is 0.624. The number of rotatable bonds is 4. The van der Waals surface area contributed by atoms with Gasteiger partial charge in [0.1, 0.15) is 0 Å². The molecule has 0 aromatic heterocycles. The Bertz CT molecular complexity index is 279. The predicted octanol–water partition coefficient (Wildman–Crippen LogP) is 1.97. The third-order valence-electron chi connectivity index (χ3n) is 2.45. The van der Waals surface area contributed by atoms with Gasteiger partial charge < -0.3 is 11.1 Å². The molecule has 0 heterocycles. The van der Waals surface area contributed by atoms with Gasteiger partial charge >= 0.3 is 0 Å². The van der Waals surface area contributed by atoms with Crippen LogP contribution in [-0.4, -0.2) is 6.54 Å². The molecule has 1 aliphatic carbocycles. The first kappa shape index (κ1) is 8.57. The van der Waals surface area contributed by atoms with Crippen LogP contribution in [0.3, 0.4) is 0 Å². The smallest absolute Gasteiger partial charge is 0.0343 e. The van der Waals surface area contributed by atoms with Crippen LogP contribution in [0.1, 0.15) is 18.4 Å². The van der Waals surface area contributed by atoms with E-state index in [2.05, 4.69) is 29.6 Å². The van der Waals surface area contributed by atoms with Crippen molar-refractivity contribution in [3.05, 3.63) is 29.8 Å². The van der Waals surface area contributed by atoms with E-state index in [4.69, 9.17) is 5.73 Å². The molecule has 2 nitrogen and oxygen atoms in total. The number of hydrogen-bond acceptors (Lipinski definition) is 2. The van der Waals surface area contributed by atoms with Gasteiger partial charge in [-0.2, -0.15) is 0 Å². The van der Waals surface area contributed by atoms with Crippen LogP contribution in [0, 0.1) is 5.92 Å². The molecule has 0 radical (unpaired) electrons. The second kappa shape index (κ2) is 3.79. The van der Waals surface area contributed by atoms with Crippen molar-refractivity contribution < 1.29 is 0 Å². The van der Waals surface area contributed by atoms with Crippen molar-refractivity contribution in [2.75, 3.05) is 11.9 Å². The monoisotopic (exact) mass is 176 g/mol. The summed E-state index contributed by atoms with van der Waals surface area (Å²) >= 11 is 0. The van der Waals surface area contributed by atoms with E-state index in [1.165, 1.54) is 24.1 Å². The first-order chi connectivity index (χ1) is 6.38. The van der Waals surface area contributed by atoms with E-state index in [-0.39, 0.29) is 0 Å². The Morgan fingerprint density at radius 2 is 2.23 bits per heavy atom. The standard InChI is InChI=1S/C11H16N2/c12-7-10-2-1-3-11(6-10)13-8-9-4-5-9/h1-3,6,9,13H,4-5,7-8,12H2. The van der Waals surface area contributed by atoms with E-state index >= 15 is 0 Å². The molecule has 0 amide bonds. The van der Waals surface area contributed by atoms with Crippen LogP contribution in [0.25, 0.3) is 0 Å². The molecule has 1 aliphatic rings. The molecule has 3 N–H and O–H groups in total. The maximum absolute atomic E-state index is 5.56. The molecule has 1 saturated carbocycles. The molecule has 13 heavy (non-hydrogen) atoms. The SMILES string of the molecule is NCc1cccc(NCC2CC2)c1. The number of anilines is 1. The second-order valence-electron chi connectivity index (χ2n) is 3.73. The molecule has 2 rings (SSSR count). The zero-order valence-electron chi connectivity index (χ0n) is 7.79. The Morgan fingerprint density at radius 3 is 2.92 bits per heavy atom. The van der Waals surface area contributed by atoms with Crippen LogP contribution in [-0.2, 0) is 6.54 Å². The van der Waals surface area contributed by atoms with Crippen molar-refractivity contribution in [2.24, 2.45) is 11.7 Å². The first-order valence-electron chi connectivity index (χ1n) is 4.91. The van der Waals surface area contributed by atoms with Crippen molar-refractivity contribution in [3.63, 3.8) is 0 Å². The molecule has 70 valence electrons. The highest BCUT2D eigenvalue weighted by Crippen LogP contribution is 2.28. The third kappa shape index (κ3) is 2.46. The van der Waals surface area contributed by atoms with Gasteiger partial charge in [0.25, 0.3) is 0 Å². The van der Waals surface area contributed by atoms with Crippen LogP contribution >= 0.6 is 0 Å². The van der Waals surface area contributed by atoms with Gasteiger partial charge in [-0.1, -0.05) is 12.1 Å². The zero-order valence-corrected chi connectivity index (χ0v) is 7.79. The molecule has 0 spiro atoms. The second-order valence-corrected chi connectivity index (χ2v) is 3.73. The van der Waals surface area contributed by atoms with E-state index in [1.807, 2.05) is 0 Å². The Morgan fingerprint density at radius 1 is 1.38 bits per heavy atom. The molecular formula is C11H16N2. The fourth-order valence-corrected chi connectivity index (χ4v) is 1.39. The normalized spacial score (nSPS) is 15.8. The summed E-state index contributed by atoms with van der Waals surface area (Å²) in [6.07, 6.45) is 2.78. The first-order valence-corrected chi connectivity index (χ1v) is 4.91. The van der Waals surface area contributed by atoms with E-state index in [0.717, 1.165) is 12.5 Å². The van der Waals surface area contributed by atoms with Crippen molar-refractivity contribution in [1.29, 1.82) is 0 Å². The quantitative estimate of drug-likeness (QED) is 0.736. The summed E-state index contributed by atoms with van der Waals surface area (Å²) in [5, 5.41) is 3.43. The summed E-state index contributed by atoms with van der Waals surface area (Å²) < 4.78 is 0. The third-order valence-corrected chi connectivity index (χ3v) is 2.45. The van der Waals surface area contributed by atoms with Gasteiger partial charge in [-0.15, -0.1) is 0 Å². The average Bonchev–Trinajstić information content (AvgIpc) is 2.99. The lowest BCUT2D eigenvalue weighted by Gasteiger charge is -2.06. The fraction of sp³-hybridized carbons (Fsp3) is 0.455. The van der Waals surface area contributed by atoms with E-state index in [0.29, 0.717) is 6.54 Å². The summed E-state index contributed by atoms with van der Waals surface area (Å²) in [7, 11) is 0. The van der Waals surface area contributed by atoms with Gasteiger partial charge in [0, 0.05) is 18.8 Å². The summed E-state index contributed by atoms with van der Waals surface area (Å²) in [4.78, 5) is 0. The largest absolute Gasteiger partial charge is 0.385 e. The van der Waals surface area contributed by atoms with Gasteiger partial charge in [0.15, 0.2) is 0 Å². The molecular weight excluding hydrogens is 160 g/mol. The maximum Gasteiger partial charge on any atom is 0.0343 e. The highest BCUT2D eigenvalue weighted by molar-refractivity contribution is 5.45. The molecule has 0 aliphatic heterocycles. The van der Waals surface area contributed by atoms with E-state index < -0.39 is 0 Å². The topological polar surface area (TPSA) is 38.0 Å². The molecule has 0 atom stereocenters. The van der Waals surface area contributed by atoms with Crippen molar-refractivity contribution in [2.45, 2.75) is 19.4 Å². The minimum Gasteiger partial charge on any atom is -0.385 e. The summed E-state index contributed by atoms with van der Waals surface area (Å²) in [5.74, 6) is 0.918. The fourth-order valence-electron chi connectivity index (χ4n) is 1.39. The highest BCUT2D eigenvalue weighted by Gasteiger charge is 2.20. The van der Waals surface area contributed by atoms with Gasteiger partial charge in [0.2, 0.25) is 0 Å². The van der Waals surface area contributed by atoms with Crippen LogP contribution in [0.5, 0.6) is 0 Å². The molecule has 0 saturated heterocycles. The molecule has 0 unspecified atom stereocenters. The van der Waals surface area contributed by atoms with Crippen LogP contribution in [0.15, 0.2) is 24.3 Å². The Kier molecular flexibility index (Phi) is 2.50. The zero-order chi connectivity index (χ0) is 9.10. The number of hydrogen-bond donors (Lipinski definition) is 2. The highest BCUT2D eigenvalue weighted by atomic mass is 14.9. The van der Waals surface area contributed by atoms with Crippen molar-refractivity contribution in [1.82, 2.24) is 0 Å². The number of nitrogens with two attached hydrogens (primary N) is 1. The summed E-state index contributed by atoms with van der Waals surface area (Å²) in [6, 6.07) is 8.34. The Balaban J connectivity index is 1.93. The average molecular weight is 176 g/mol. The molecule has 1 aromatic rings. The van der Waals surface area contributed by atoms with Gasteiger partial charge in [-0.3, -0.25) is 0 Å². The number of benzene rings is 1. The molecule has 0 bridgehead atoms. The van der Waals surface area contributed by atoms with Crippen LogP contribution in [0.2, 0.25) is 0 Å². The van der Waals surface area contributed by atoms with Crippen molar-refractivity contribution in [3.8, 4) is 0 Å². The molecule has 1 aromatic carbocycles. The molecule has 2 heteroatoms. The number of nitrogens with one attached hydrogen (secondary N) is 1.